The minimum atomic E-state index is 1.07. The van der Waals surface area contributed by atoms with E-state index in [2.05, 4.69) is 89.2 Å². The zero-order valence-corrected chi connectivity index (χ0v) is 17.8. The number of aryl methyl sites for hydroxylation is 7. The second kappa shape index (κ2) is 7.43. The molecule has 0 unspecified atom stereocenters. The highest BCUT2D eigenvalue weighted by molar-refractivity contribution is 5.78. The van der Waals surface area contributed by atoms with Gasteiger partial charge in [-0.3, -0.25) is 0 Å². The van der Waals surface area contributed by atoms with E-state index < -0.39 is 0 Å². The maximum atomic E-state index is 2.41. The highest BCUT2D eigenvalue weighted by atomic mass is 14.2. The summed E-state index contributed by atoms with van der Waals surface area (Å²) in [6.07, 6.45) is 3.24. The summed E-state index contributed by atoms with van der Waals surface area (Å²) < 4.78 is 0. The molecular formula is C28H30. The van der Waals surface area contributed by atoms with E-state index in [9.17, 15) is 0 Å². The summed E-state index contributed by atoms with van der Waals surface area (Å²) >= 11 is 0. The van der Waals surface area contributed by atoms with Crippen LogP contribution in [0.15, 0.2) is 54.6 Å². The zero-order chi connectivity index (χ0) is 19.8. The Morgan fingerprint density at radius 1 is 0.536 bits per heavy atom. The number of hydrogen-bond donors (Lipinski definition) is 0. The van der Waals surface area contributed by atoms with Gasteiger partial charge in [0, 0.05) is 0 Å². The van der Waals surface area contributed by atoms with Gasteiger partial charge in [0.1, 0.15) is 0 Å². The molecule has 0 spiro atoms. The van der Waals surface area contributed by atoms with Gasteiger partial charge in [0.25, 0.3) is 0 Å². The van der Waals surface area contributed by atoms with E-state index in [1.807, 2.05) is 0 Å². The van der Waals surface area contributed by atoms with Crippen LogP contribution in [0, 0.1) is 27.7 Å². The Hall–Kier alpha value is -2.60. The van der Waals surface area contributed by atoms with Gasteiger partial charge in [-0.25, -0.2) is 0 Å². The Labute approximate surface area is 169 Å². The Morgan fingerprint density at radius 3 is 1.96 bits per heavy atom. The summed E-state index contributed by atoms with van der Waals surface area (Å²) in [5, 5.41) is 0. The molecule has 0 heteroatoms. The van der Waals surface area contributed by atoms with Crippen molar-refractivity contribution in [1.29, 1.82) is 0 Å². The Morgan fingerprint density at radius 2 is 1.18 bits per heavy atom. The van der Waals surface area contributed by atoms with Crippen molar-refractivity contribution in [3.63, 3.8) is 0 Å². The van der Waals surface area contributed by atoms with Gasteiger partial charge >= 0.3 is 0 Å². The highest BCUT2D eigenvalue weighted by Crippen LogP contribution is 2.36. The average molecular weight is 367 g/mol. The third-order valence-corrected chi connectivity index (χ3v) is 6.29. The minimum Gasteiger partial charge on any atom is -0.0613 e. The van der Waals surface area contributed by atoms with Crippen molar-refractivity contribution in [3.8, 4) is 22.3 Å². The van der Waals surface area contributed by atoms with Crippen molar-refractivity contribution >= 4 is 0 Å². The van der Waals surface area contributed by atoms with E-state index >= 15 is 0 Å². The molecule has 0 fully saturated rings. The Kier molecular flexibility index (Phi) is 4.98. The number of rotatable bonds is 4. The maximum absolute atomic E-state index is 2.41. The SMILES string of the molecule is CCc1ccc(C)c2c(CCc3ccc(C)c4ccc(C)c-4c3)cc(C)c-2c1. The molecule has 0 heterocycles. The average Bonchev–Trinajstić information content (AvgIpc) is 3.06. The van der Waals surface area contributed by atoms with Crippen LogP contribution in [-0.4, -0.2) is 0 Å². The molecule has 142 valence electrons. The zero-order valence-electron chi connectivity index (χ0n) is 17.8. The predicted octanol–water partition coefficient (Wildman–Crippen LogP) is 7.48. The first-order valence-electron chi connectivity index (χ1n) is 10.5. The fourth-order valence-electron chi connectivity index (χ4n) is 4.52. The summed E-state index contributed by atoms with van der Waals surface area (Å²) in [6.45, 7) is 11.2. The van der Waals surface area contributed by atoms with Crippen LogP contribution in [0.2, 0.25) is 0 Å². The van der Waals surface area contributed by atoms with Gasteiger partial charge in [0.2, 0.25) is 0 Å². The lowest BCUT2D eigenvalue weighted by atomic mass is 9.98. The molecule has 0 saturated heterocycles. The van der Waals surface area contributed by atoms with Crippen LogP contribution in [0.3, 0.4) is 0 Å². The van der Waals surface area contributed by atoms with Crippen molar-refractivity contribution in [1.82, 2.24) is 0 Å². The molecule has 0 atom stereocenters. The van der Waals surface area contributed by atoms with Gasteiger partial charge in [0.05, 0.1) is 0 Å². The fourth-order valence-corrected chi connectivity index (χ4v) is 4.52. The van der Waals surface area contributed by atoms with Gasteiger partial charge in [-0.15, -0.1) is 0 Å². The molecule has 4 rings (SSSR count). The van der Waals surface area contributed by atoms with Crippen LogP contribution < -0.4 is 0 Å². The van der Waals surface area contributed by atoms with E-state index in [4.69, 9.17) is 0 Å². The molecule has 0 aromatic heterocycles. The summed E-state index contributed by atoms with van der Waals surface area (Å²) in [5.41, 5.74) is 15.5. The van der Waals surface area contributed by atoms with Crippen LogP contribution in [0.25, 0.3) is 22.3 Å². The summed E-state index contributed by atoms with van der Waals surface area (Å²) in [5.74, 6) is 0. The standard InChI is InChI=1S/C28H30/c1-6-22-10-8-20(4)28-24(15-21(5)27(28)16-22)13-12-23-11-7-18(2)25-14-9-19(3)26(25)17-23/h7-11,14-17H,6,12-13H2,1-5H3. The highest BCUT2D eigenvalue weighted by Gasteiger charge is 2.16. The molecule has 0 N–H and O–H groups in total. The van der Waals surface area contributed by atoms with Gasteiger partial charge < -0.3 is 0 Å². The number of fused-ring (bicyclic) bond motifs is 2. The summed E-state index contributed by atoms with van der Waals surface area (Å²) in [6, 6.07) is 20.9. The fraction of sp³-hybridized carbons (Fsp3) is 0.286. The molecule has 0 radical (unpaired) electrons. The molecule has 0 aromatic carbocycles. The molecule has 0 saturated carbocycles. The van der Waals surface area contributed by atoms with Gasteiger partial charge in [-0.2, -0.15) is 0 Å². The van der Waals surface area contributed by atoms with Gasteiger partial charge in [-0.1, -0.05) is 61.5 Å². The lowest BCUT2D eigenvalue weighted by Crippen LogP contribution is -1.91. The van der Waals surface area contributed by atoms with Crippen LogP contribution in [0.5, 0.6) is 0 Å². The Bertz CT molecular complexity index is 1080. The summed E-state index contributed by atoms with van der Waals surface area (Å²) in [7, 11) is 0. The molecule has 0 aliphatic heterocycles. The van der Waals surface area contributed by atoms with Crippen LogP contribution in [0.4, 0.5) is 0 Å². The van der Waals surface area contributed by atoms with Crippen molar-refractivity contribution in [2.75, 3.05) is 0 Å². The first-order valence-corrected chi connectivity index (χ1v) is 10.5. The van der Waals surface area contributed by atoms with Crippen LogP contribution >= 0.6 is 0 Å². The van der Waals surface area contributed by atoms with Crippen LogP contribution in [-0.2, 0) is 19.3 Å². The largest absolute Gasteiger partial charge is 0.0613 e. The maximum Gasteiger partial charge on any atom is -0.0120 e. The molecule has 4 aliphatic rings. The molecule has 28 heavy (non-hydrogen) atoms. The number of hydrogen-bond acceptors (Lipinski definition) is 0. The van der Waals surface area contributed by atoms with E-state index in [-0.39, 0.29) is 0 Å². The Balaban J connectivity index is 1.69. The molecular weight excluding hydrogens is 336 g/mol. The lowest BCUT2D eigenvalue weighted by Gasteiger charge is -2.06. The lowest BCUT2D eigenvalue weighted by molar-refractivity contribution is 0.967. The third-order valence-electron chi connectivity index (χ3n) is 6.29. The molecule has 0 amide bonds. The first-order chi connectivity index (χ1) is 13.5. The van der Waals surface area contributed by atoms with E-state index in [1.54, 1.807) is 0 Å². The van der Waals surface area contributed by atoms with Crippen molar-refractivity contribution in [2.45, 2.75) is 53.9 Å². The summed E-state index contributed by atoms with van der Waals surface area (Å²) in [4.78, 5) is 0. The predicted molar refractivity (Wildman–Crippen MR) is 122 cm³/mol. The second-order valence-electron chi connectivity index (χ2n) is 8.31. The monoisotopic (exact) mass is 366 g/mol. The first kappa shape index (κ1) is 18.7. The van der Waals surface area contributed by atoms with E-state index in [1.165, 1.54) is 61.2 Å². The molecule has 0 nitrogen and oxygen atoms in total. The molecule has 0 bridgehead atoms. The van der Waals surface area contributed by atoms with Crippen molar-refractivity contribution < 1.29 is 0 Å². The van der Waals surface area contributed by atoms with E-state index in [0.717, 1.165) is 19.3 Å². The third kappa shape index (κ3) is 3.33. The molecule has 0 aromatic rings. The quantitative estimate of drug-likeness (QED) is 0.351. The molecule has 4 aliphatic carbocycles. The smallest absolute Gasteiger partial charge is 0.0120 e. The van der Waals surface area contributed by atoms with Crippen molar-refractivity contribution in [3.05, 3.63) is 93.5 Å². The topological polar surface area (TPSA) is 0 Å². The second-order valence-corrected chi connectivity index (χ2v) is 8.31. The minimum absolute atomic E-state index is 1.07. The van der Waals surface area contributed by atoms with Crippen molar-refractivity contribution in [2.24, 2.45) is 0 Å². The van der Waals surface area contributed by atoms with Gasteiger partial charge in [-0.05, 0) is 108 Å². The van der Waals surface area contributed by atoms with E-state index in [0.29, 0.717) is 0 Å². The van der Waals surface area contributed by atoms with Crippen LogP contribution in [0.1, 0.15) is 45.9 Å². The normalized spacial score (nSPS) is 11.5. The van der Waals surface area contributed by atoms with Gasteiger partial charge in [0.15, 0.2) is 0 Å².